The van der Waals surface area contributed by atoms with Crippen LogP contribution in [0.25, 0.3) is 27.8 Å². The van der Waals surface area contributed by atoms with Crippen LogP contribution in [0.3, 0.4) is 0 Å². The summed E-state index contributed by atoms with van der Waals surface area (Å²) in [6.07, 6.45) is 1.94. The van der Waals surface area contributed by atoms with E-state index in [4.69, 9.17) is 14.5 Å². The Morgan fingerprint density at radius 1 is 1.03 bits per heavy atom. The molecule has 0 saturated heterocycles. The first kappa shape index (κ1) is 20.6. The van der Waals surface area contributed by atoms with Gasteiger partial charge in [0.05, 0.1) is 19.3 Å². The van der Waals surface area contributed by atoms with E-state index in [0.29, 0.717) is 24.4 Å². The van der Waals surface area contributed by atoms with Gasteiger partial charge in [0.25, 0.3) is 5.56 Å². The summed E-state index contributed by atoms with van der Waals surface area (Å²) in [5.74, 6) is 2.33. The Morgan fingerprint density at radius 2 is 1.85 bits per heavy atom. The van der Waals surface area contributed by atoms with Crippen LogP contribution in [0.5, 0.6) is 11.5 Å². The summed E-state index contributed by atoms with van der Waals surface area (Å²) in [5.41, 5.74) is 3.50. The van der Waals surface area contributed by atoms with Gasteiger partial charge in [-0.1, -0.05) is 18.2 Å². The van der Waals surface area contributed by atoms with Crippen molar-refractivity contribution < 1.29 is 9.47 Å². The molecular formula is C26H24N4O3. The Morgan fingerprint density at radius 3 is 2.64 bits per heavy atom. The quantitative estimate of drug-likeness (QED) is 0.378. The molecule has 0 spiro atoms. The van der Waals surface area contributed by atoms with Crippen LogP contribution < -0.4 is 20.3 Å². The minimum atomic E-state index is -0.192. The van der Waals surface area contributed by atoms with Gasteiger partial charge >= 0.3 is 0 Å². The number of aromatic nitrogens is 3. The molecule has 0 fully saturated rings. The van der Waals surface area contributed by atoms with Crippen molar-refractivity contribution in [1.82, 2.24) is 14.4 Å². The van der Waals surface area contributed by atoms with Gasteiger partial charge in [0, 0.05) is 23.6 Å². The largest absolute Gasteiger partial charge is 0.497 e. The molecule has 7 nitrogen and oxygen atoms in total. The number of aromatic amines is 1. The lowest BCUT2D eigenvalue weighted by molar-refractivity contribution is 0.340. The van der Waals surface area contributed by atoms with Gasteiger partial charge in [-0.05, 0) is 61.0 Å². The van der Waals surface area contributed by atoms with Crippen LogP contribution in [-0.2, 0) is 6.54 Å². The maximum absolute atomic E-state index is 13.0. The second kappa shape index (κ2) is 8.70. The molecule has 33 heavy (non-hydrogen) atoms. The monoisotopic (exact) mass is 440 g/mol. The number of benzene rings is 2. The second-order valence-corrected chi connectivity index (χ2v) is 7.63. The van der Waals surface area contributed by atoms with E-state index in [2.05, 4.69) is 10.3 Å². The zero-order valence-corrected chi connectivity index (χ0v) is 18.5. The van der Waals surface area contributed by atoms with E-state index in [9.17, 15) is 4.79 Å². The van der Waals surface area contributed by atoms with Crippen LogP contribution in [0.4, 0.5) is 5.82 Å². The topological polar surface area (TPSA) is 80.7 Å². The Bertz CT molecular complexity index is 1490. The zero-order chi connectivity index (χ0) is 22.8. The van der Waals surface area contributed by atoms with Crippen LogP contribution >= 0.6 is 0 Å². The first-order chi connectivity index (χ1) is 16.2. The molecule has 3 aromatic heterocycles. The highest BCUT2D eigenvalue weighted by atomic mass is 16.5. The molecule has 2 N–H and O–H groups in total. The van der Waals surface area contributed by atoms with Gasteiger partial charge in [0.2, 0.25) is 0 Å². The van der Waals surface area contributed by atoms with Gasteiger partial charge in [-0.15, -0.1) is 0 Å². The van der Waals surface area contributed by atoms with E-state index in [0.717, 1.165) is 39.4 Å². The molecule has 0 aliphatic carbocycles. The smallest absolute Gasteiger partial charge is 0.258 e. The normalized spacial score (nSPS) is 11.1. The molecular weight excluding hydrogens is 416 g/mol. The molecule has 0 radical (unpaired) electrons. The molecule has 7 heteroatoms. The maximum atomic E-state index is 13.0. The zero-order valence-electron chi connectivity index (χ0n) is 18.5. The Hall–Kier alpha value is -4.26. The maximum Gasteiger partial charge on any atom is 0.258 e. The predicted molar refractivity (Wildman–Crippen MR) is 130 cm³/mol. The van der Waals surface area contributed by atoms with Crippen molar-refractivity contribution in [3.8, 4) is 22.8 Å². The van der Waals surface area contributed by atoms with E-state index < -0.39 is 0 Å². The Labute approximate surface area is 190 Å². The number of nitrogens with zero attached hydrogens (tertiary/aromatic N) is 2. The molecule has 0 amide bonds. The van der Waals surface area contributed by atoms with Crippen molar-refractivity contribution in [2.24, 2.45) is 0 Å². The van der Waals surface area contributed by atoms with Gasteiger partial charge < -0.3 is 19.8 Å². The molecule has 0 atom stereocenters. The number of imidazole rings is 1. The Kier molecular flexibility index (Phi) is 5.44. The fraction of sp³-hybridized carbons (Fsp3) is 0.154. The molecule has 0 saturated carbocycles. The summed E-state index contributed by atoms with van der Waals surface area (Å²) in [4.78, 5) is 20.8. The third-order valence-electron chi connectivity index (χ3n) is 5.53. The SMILES string of the molecule is CCOc1ccc2[nH]c(=O)c(-c3nc4ccccn4c3NCc3ccc(OC)cc3)cc2c1. The van der Waals surface area contributed by atoms with E-state index >= 15 is 0 Å². The van der Waals surface area contributed by atoms with Gasteiger partial charge in [-0.3, -0.25) is 9.20 Å². The lowest BCUT2D eigenvalue weighted by Gasteiger charge is -2.10. The molecule has 2 aromatic carbocycles. The molecule has 0 bridgehead atoms. The summed E-state index contributed by atoms with van der Waals surface area (Å²) in [6, 6.07) is 21.2. The van der Waals surface area contributed by atoms with Crippen LogP contribution in [0.1, 0.15) is 12.5 Å². The Balaban J connectivity index is 1.59. The minimum absolute atomic E-state index is 0.192. The highest BCUT2D eigenvalue weighted by Gasteiger charge is 2.17. The number of H-pyrrole nitrogens is 1. The highest BCUT2D eigenvalue weighted by molar-refractivity contribution is 5.87. The lowest BCUT2D eigenvalue weighted by atomic mass is 10.1. The summed E-state index contributed by atoms with van der Waals surface area (Å²) in [6.45, 7) is 3.09. The van der Waals surface area contributed by atoms with Crippen molar-refractivity contribution in [3.63, 3.8) is 0 Å². The summed E-state index contributed by atoms with van der Waals surface area (Å²) >= 11 is 0. The average Bonchev–Trinajstić information content (AvgIpc) is 3.21. The second-order valence-electron chi connectivity index (χ2n) is 7.63. The van der Waals surface area contributed by atoms with Crippen molar-refractivity contribution in [2.45, 2.75) is 13.5 Å². The predicted octanol–water partition coefficient (Wildman–Crippen LogP) is 4.86. The van der Waals surface area contributed by atoms with Crippen LogP contribution in [0.2, 0.25) is 0 Å². The van der Waals surface area contributed by atoms with Crippen molar-refractivity contribution >= 4 is 22.4 Å². The first-order valence-corrected chi connectivity index (χ1v) is 10.8. The van der Waals surface area contributed by atoms with E-state index in [-0.39, 0.29) is 5.56 Å². The van der Waals surface area contributed by atoms with E-state index in [1.165, 1.54) is 0 Å². The number of hydrogen-bond acceptors (Lipinski definition) is 5. The highest BCUT2D eigenvalue weighted by Crippen LogP contribution is 2.29. The van der Waals surface area contributed by atoms with Gasteiger partial charge in [0.1, 0.15) is 28.7 Å². The fourth-order valence-electron chi connectivity index (χ4n) is 3.90. The third kappa shape index (κ3) is 4.01. The fourth-order valence-corrected chi connectivity index (χ4v) is 3.90. The van der Waals surface area contributed by atoms with Crippen molar-refractivity contribution in [1.29, 1.82) is 0 Å². The van der Waals surface area contributed by atoms with E-state index in [1.807, 2.05) is 84.3 Å². The summed E-state index contributed by atoms with van der Waals surface area (Å²) in [7, 11) is 1.65. The van der Waals surface area contributed by atoms with Crippen molar-refractivity contribution in [2.75, 3.05) is 19.0 Å². The number of rotatable bonds is 7. The van der Waals surface area contributed by atoms with Crippen molar-refractivity contribution in [3.05, 3.63) is 88.8 Å². The molecule has 5 rings (SSSR count). The number of hydrogen-bond donors (Lipinski definition) is 2. The minimum Gasteiger partial charge on any atom is -0.497 e. The first-order valence-electron chi connectivity index (χ1n) is 10.8. The van der Waals surface area contributed by atoms with E-state index in [1.54, 1.807) is 7.11 Å². The molecule has 3 heterocycles. The number of ether oxygens (including phenoxy) is 2. The lowest BCUT2D eigenvalue weighted by Crippen LogP contribution is -2.11. The van der Waals surface area contributed by atoms with Crippen LogP contribution in [-0.4, -0.2) is 28.1 Å². The summed E-state index contributed by atoms with van der Waals surface area (Å²) < 4.78 is 12.8. The van der Waals surface area contributed by atoms with Crippen LogP contribution in [0, 0.1) is 0 Å². The van der Waals surface area contributed by atoms with Crippen LogP contribution in [0.15, 0.2) is 77.7 Å². The van der Waals surface area contributed by atoms with Gasteiger partial charge in [0.15, 0.2) is 0 Å². The molecule has 0 unspecified atom stereocenters. The third-order valence-corrected chi connectivity index (χ3v) is 5.53. The molecule has 0 aliphatic heterocycles. The molecule has 166 valence electrons. The number of anilines is 1. The van der Waals surface area contributed by atoms with Gasteiger partial charge in [-0.2, -0.15) is 0 Å². The standard InChI is InChI=1S/C26H24N4O3/c1-3-33-20-11-12-22-18(14-20)15-21(26(31)28-22)24-25(30-13-5-4-6-23(30)29-24)27-16-17-7-9-19(32-2)10-8-17/h4-15,27H,3,16H2,1-2H3,(H,28,31). The summed E-state index contributed by atoms with van der Waals surface area (Å²) in [5, 5.41) is 4.36. The average molecular weight is 441 g/mol. The number of fused-ring (bicyclic) bond motifs is 2. The van der Waals surface area contributed by atoms with Gasteiger partial charge in [-0.25, -0.2) is 4.98 Å². The number of nitrogens with one attached hydrogen (secondary N) is 2. The number of pyridine rings is 2. The molecule has 0 aliphatic rings. The number of methoxy groups -OCH3 is 1. The molecule has 5 aromatic rings.